The number of carbonyl (C=O) groups excluding carboxylic acids is 4. The number of hydrogen-bond donors (Lipinski definition) is 0. The Labute approximate surface area is 258 Å². The number of carbonyl (C=O) groups is 4. The van der Waals surface area contributed by atoms with Crippen LogP contribution in [0.2, 0.25) is 0 Å². The van der Waals surface area contributed by atoms with Crippen molar-refractivity contribution in [3.05, 3.63) is 34.3 Å². The number of Topliss-reactive ketones (excluding diaryl/α,β-unsaturated/α-hetero) is 2. The number of amides is 1. The van der Waals surface area contributed by atoms with Crippen molar-refractivity contribution >= 4 is 39.4 Å². The zero-order valence-corrected chi connectivity index (χ0v) is 27.3. The minimum atomic E-state index is -0.676. The van der Waals surface area contributed by atoms with Gasteiger partial charge in [-0.2, -0.15) is 0 Å². The van der Waals surface area contributed by atoms with Gasteiger partial charge in [0, 0.05) is 29.3 Å². The maximum Gasteiger partial charge on any atom is 0.306 e. The summed E-state index contributed by atoms with van der Waals surface area (Å²) >= 11 is 3.45. The highest BCUT2D eigenvalue weighted by molar-refractivity contribution is 9.10. The van der Waals surface area contributed by atoms with Crippen molar-refractivity contribution in [3.63, 3.8) is 0 Å². The van der Waals surface area contributed by atoms with Crippen LogP contribution in [0, 0.1) is 34.5 Å². The minimum Gasteiger partial charge on any atom is -0.462 e. The average molecular weight is 645 g/mol. The summed E-state index contributed by atoms with van der Waals surface area (Å²) in [6, 6.07) is 7.20. The van der Waals surface area contributed by atoms with E-state index in [-0.39, 0.29) is 61.0 Å². The fraction of sp³-hybridized carbons (Fsp3) is 0.706. The standard InChI is InChI=1S/C34H46BrNO6/c1-6-24-16-34(24,20(2)37)17-30(38)29-14-27(41-19-21-7-9-25(35)10-8-21)18-36(29)32(40)28(33(3,4)5)15-31(39)42-26-12-22-11-23(22)13-26/h7-10,22-24,26-29H,6,11-19H2,1-5H3/t22-,23-,24+,27-,28+,29-,34-/m0/s1. The SMILES string of the molecule is CC[C@@H]1C[C@]1(CC(=O)[C@@H]1C[C@H](OCc2ccc(Br)cc2)CN1C(=O)[C@@H](CC(=O)OC1C[C@@H]2C[C@H]2C1)C(C)(C)C)C(C)=O. The monoisotopic (exact) mass is 643 g/mol. The summed E-state index contributed by atoms with van der Waals surface area (Å²) in [6.07, 6.45) is 4.87. The molecule has 3 saturated carbocycles. The van der Waals surface area contributed by atoms with E-state index in [4.69, 9.17) is 9.47 Å². The first-order chi connectivity index (χ1) is 19.8. The summed E-state index contributed by atoms with van der Waals surface area (Å²) in [7, 11) is 0. The lowest BCUT2D eigenvalue weighted by molar-refractivity contribution is -0.156. The molecule has 0 bridgehead atoms. The molecule has 3 aliphatic carbocycles. The van der Waals surface area contributed by atoms with Crippen LogP contribution in [0.4, 0.5) is 0 Å². The molecule has 1 saturated heterocycles. The third kappa shape index (κ3) is 6.85. The number of ether oxygens (including phenoxy) is 2. The summed E-state index contributed by atoms with van der Waals surface area (Å²) in [5.74, 6) is 0.420. The van der Waals surface area contributed by atoms with Crippen molar-refractivity contribution in [2.45, 2.75) is 111 Å². The highest BCUT2D eigenvalue weighted by atomic mass is 79.9. The van der Waals surface area contributed by atoms with Gasteiger partial charge in [0.05, 0.1) is 31.1 Å². The van der Waals surface area contributed by atoms with E-state index in [0.717, 1.165) is 35.7 Å². The first kappa shape index (κ1) is 31.4. The molecule has 1 amide bonds. The summed E-state index contributed by atoms with van der Waals surface area (Å²) < 4.78 is 13.1. The maximum atomic E-state index is 14.3. The topological polar surface area (TPSA) is 90.0 Å². The van der Waals surface area contributed by atoms with Gasteiger partial charge in [-0.3, -0.25) is 19.2 Å². The molecule has 230 valence electrons. The molecule has 1 aromatic rings. The van der Waals surface area contributed by atoms with Crippen LogP contribution in [-0.2, 0) is 35.3 Å². The van der Waals surface area contributed by atoms with E-state index in [1.807, 2.05) is 45.0 Å². The normalized spacial score (nSPS) is 31.0. The summed E-state index contributed by atoms with van der Waals surface area (Å²) in [5.41, 5.74) is -0.112. The number of fused-ring (bicyclic) bond motifs is 1. The highest BCUT2D eigenvalue weighted by Crippen LogP contribution is 2.58. The van der Waals surface area contributed by atoms with Crippen molar-refractivity contribution in [1.29, 1.82) is 0 Å². The van der Waals surface area contributed by atoms with E-state index in [2.05, 4.69) is 22.9 Å². The fourth-order valence-electron chi connectivity index (χ4n) is 7.50. The number of benzene rings is 1. The zero-order valence-electron chi connectivity index (χ0n) is 25.7. The summed E-state index contributed by atoms with van der Waals surface area (Å²) in [5, 5.41) is 0. The molecule has 4 aliphatic rings. The molecule has 8 heteroatoms. The van der Waals surface area contributed by atoms with Crippen LogP contribution in [-0.4, -0.2) is 53.1 Å². The van der Waals surface area contributed by atoms with Gasteiger partial charge < -0.3 is 14.4 Å². The van der Waals surface area contributed by atoms with E-state index in [1.54, 1.807) is 11.8 Å². The van der Waals surface area contributed by atoms with E-state index in [9.17, 15) is 19.2 Å². The quantitative estimate of drug-likeness (QED) is 0.249. The molecule has 1 aromatic carbocycles. The van der Waals surface area contributed by atoms with Gasteiger partial charge in [0.1, 0.15) is 11.9 Å². The van der Waals surface area contributed by atoms with Crippen LogP contribution in [0.15, 0.2) is 28.7 Å². The second kappa shape index (κ2) is 12.1. The molecule has 7 atom stereocenters. The van der Waals surface area contributed by atoms with Gasteiger partial charge in [0.15, 0.2) is 5.78 Å². The Kier molecular flexibility index (Phi) is 9.07. The Morgan fingerprint density at radius 3 is 2.26 bits per heavy atom. The van der Waals surface area contributed by atoms with Crippen molar-refractivity contribution in [2.24, 2.45) is 34.5 Å². The average Bonchev–Trinajstić information content (AvgIpc) is 3.73. The van der Waals surface area contributed by atoms with Gasteiger partial charge in [-0.25, -0.2) is 0 Å². The Balaban J connectivity index is 1.31. The van der Waals surface area contributed by atoms with Gasteiger partial charge in [0.2, 0.25) is 5.91 Å². The number of nitrogens with zero attached hydrogens (tertiary/aromatic N) is 1. The van der Waals surface area contributed by atoms with Gasteiger partial charge in [-0.15, -0.1) is 0 Å². The van der Waals surface area contributed by atoms with E-state index >= 15 is 0 Å². The molecule has 0 unspecified atom stereocenters. The number of halogens is 1. The zero-order chi connectivity index (χ0) is 30.4. The lowest BCUT2D eigenvalue weighted by Crippen LogP contribution is -2.48. The molecular formula is C34H46BrNO6. The van der Waals surface area contributed by atoms with Crippen LogP contribution in [0.25, 0.3) is 0 Å². The third-order valence-corrected chi connectivity index (χ3v) is 11.0. The van der Waals surface area contributed by atoms with Crippen LogP contribution >= 0.6 is 15.9 Å². The smallest absolute Gasteiger partial charge is 0.306 e. The molecule has 0 N–H and O–H groups in total. The predicted octanol–water partition coefficient (Wildman–Crippen LogP) is 6.29. The molecular weight excluding hydrogens is 598 g/mol. The summed E-state index contributed by atoms with van der Waals surface area (Å²) in [6.45, 7) is 10.2. The van der Waals surface area contributed by atoms with Gasteiger partial charge in [-0.05, 0) is 73.5 Å². The lowest BCUT2D eigenvalue weighted by atomic mass is 9.77. The number of hydrogen-bond acceptors (Lipinski definition) is 6. The molecule has 0 aromatic heterocycles. The Morgan fingerprint density at radius 1 is 1.02 bits per heavy atom. The van der Waals surface area contributed by atoms with Crippen molar-refractivity contribution in [1.82, 2.24) is 4.90 Å². The minimum absolute atomic E-state index is 0.00864. The van der Waals surface area contributed by atoms with Crippen molar-refractivity contribution in [2.75, 3.05) is 6.54 Å². The third-order valence-electron chi connectivity index (χ3n) is 10.4. The lowest BCUT2D eigenvalue weighted by Gasteiger charge is -2.35. The first-order valence-electron chi connectivity index (χ1n) is 15.7. The van der Waals surface area contributed by atoms with Crippen LogP contribution < -0.4 is 0 Å². The molecule has 7 nitrogen and oxygen atoms in total. The molecule has 0 spiro atoms. The van der Waals surface area contributed by atoms with Crippen molar-refractivity contribution < 1.29 is 28.7 Å². The highest BCUT2D eigenvalue weighted by Gasteiger charge is 2.59. The van der Waals surface area contributed by atoms with E-state index in [1.165, 1.54) is 6.42 Å². The number of likely N-dealkylation sites (tertiary alicyclic amines) is 1. The summed E-state index contributed by atoms with van der Waals surface area (Å²) in [4.78, 5) is 55.5. The second-order valence-corrected chi connectivity index (χ2v) is 15.3. The van der Waals surface area contributed by atoms with E-state index in [0.29, 0.717) is 24.9 Å². The number of esters is 1. The van der Waals surface area contributed by atoms with Gasteiger partial charge >= 0.3 is 5.97 Å². The second-order valence-electron chi connectivity index (χ2n) is 14.4. The molecule has 42 heavy (non-hydrogen) atoms. The molecule has 1 aliphatic heterocycles. The molecule has 0 radical (unpaired) electrons. The number of ketones is 2. The number of rotatable bonds is 12. The van der Waals surface area contributed by atoms with Gasteiger partial charge in [0.25, 0.3) is 0 Å². The van der Waals surface area contributed by atoms with Crippen LogP contribution in [0.5, 0.6) is 0 Å². The van der Waals surface area contributed by atoms with Crippen molar-refractivity contribution in [3.8, 4) is 0 Å². The largest absolute Gasteiger partial charge is 0.462 e. The predicted molar refractivity (Wildman–Crippen MR) is 162 cm³/mol. The van der Waals surface area contributed by atoms with Gasteiger partial charge in [-0.1, -0.05) is 62.2 Å². The van der Waals surface area contributed by atoms with E-state index < -0.39 is 22.8 Å². The fourth-order valence-corrected chi connectivity index (χ4v) is 7.76. The molecule has 5 rings (SSSR count). The van der Waals surface area contributed by atoms with Crippen LogP contribution in [0.1, 0.15) is 91.5 Å². The maximum absolute atomic E-state index is 14.3. The Morgan fingerprint density at radius 2 is 1.69 bits per heavy atom. The first-order valence-corrected chi connectivity index (χ1v) is 16.5. The molecule has 4 fully saturated rings. The van der Waals surface area contributed by atoms with Crippen LogP contribution in [0.3, 0.4) is 0 Å². The molecule has 1 heterocycles. The Bertz CT molecular complexity index is 1200. The Hall–Kier alpha value is -2.06.